The molecule has 1 aromatic carbocycles. The Labute approximate surface area is 127 Å². The minimum atomic E-state index is -2.66. The van der Waals surface area contributed by atoms with Crippen molar-refractivity contribution in [1.29, 1.82) is 0 Å². The number of rotatable bonds is 6. The van der Waals surface area contributed by atoms with E-state index in [4.69, 9.17) is 0 Å². The highest BCUT2D eigenvalue weighted by molar-refractivity contribution is 5.64. The molecule has 1 aliphatic carbocycles. The normalized spacial score (nSPS) is 23.7. The third kappa shape index (κ3) is 2.53. The number of alkyl halides is 2. The standard InChI is InChI=1S/C16H17F2N3O/c1-11-19-15(14(17)18)20-21(11)8-7-16(9-13(16)10-22)12-5-3-2-4-6-12/h2-6,10,13-14H,7-9H2,1H3/t13-,16-/m0/s1. The second-order valence-electron chi connectivity index (χ2n) is 5.76. The van der Waals surface area contributed by atoms with E-state index in [1.165, 1.54) is 4.68 Å². The van der Waals surface area contributed by atoms with Crippen LogP contribution in [0.1, 0.15) is 36.5 Å². The quantitative estimate of drug-likeness (QED) is 0.771. The average molecular weight is 305 g/mol. The van der Waals surface area contributed by atoms with Gasteiger partial charge in [0.1, 0.15) is 12.1 Å². The number of carbonyl (C=O) groups is 1. The van der Waals surface area contributed by atoms with E-state index >= 15 is 0 Å². The molecule has 22 heavy (non-hydrogen) atoms. The van der Waals surface area contributed by atoms with E-state index in [1.807, 2.05) is 30.3 Å². The number of aldehydes is 1. The summed E-state index contributed by atoms with van der Waals surface area (Å²) in [6.45, 7) is 2.14. The molecule has 0 radical (unpaired) electrons. The predicted octanol–water partition coefficient (Wildman–Crippen LogP) is 3.07. The third-order valence-corrected chi connectivity index (χ3v) is 4.48. The molecule has 3 rings (SSSR count). The number of aryl methyl sites for hydroxylation is 2. The molecule has 2 aromatic rings. The van der Waals surface area contributed by atoms with Crippen molar-refractivity contribution in [3.05, 3.63) is 47.5 Å². The summed E-state index contributed by atoms with van der Waals surface area (Å²) in [6, 6.07) is 9.87. The molecule has 1 aromatic heterocycles. The first-order valence-electron chi connectivity index (χ1n) is 7.27. The first-order chi connectivity index (χ1) is 10.6. The Bertz CT molecular complexity index is 671. The van der Waals surface area contributed by atoms with Crippen LogP contribution in [0.15, 0.2) is 30.3 Å². The topological polar surface area (TPSA) is 47.8 Å². The lowest BCUT2D eigenvalue weighted by Crippen LogP contribution is -2.16. The van der Waals surface area contributed by atoms with E-state index in [0.717, 1.165) is 18.3 Å². The molecular weight excluding hydrogens is 288 g/mol. The van der Waals surface area contributed by atoms with Crippen LogP contribution in [0.3, 0.4) is 0 Å². The monoisotopic (exact) mass is 305 g/mol. The van der Waals surface area contributed by atoms with Crippen LogP contribution in [-0.4, -0.2) is 21.1 Å². The average Bonchev–Trinajstić information content (AvgIpc) is 3.13. The van der Waals surface area contributed by atoms with E-state index in [-0.39, 0.29) is 11.3 Å². The van der Waals surface area contributed by atoms with Crippen molar-refractivity contribution in [2.45, 2.75) is 38.2 Å². The molecule has 0 N–H and O–H groups in total. The van der Waals surface area contributed by atoms with E-state index in [0.29, 0.717) is 18.8 Å². The van der Waals surface area contributed by atoms with Crippen molar-refractivity contribution < 1.29 is 13.6 Å². The van der Waals surface area contributed by atoms with Crippen molar-refractivity contribution >= 4 is 6.29 Å². The van der Waals surface area contributed by atoms with E-state index < -0.39 is 12.2 Å². The summed E-state index contributed by atoms with van der Waals surface area (Å²) in [4.78, 5) is 15.0. The molecule has 2 atom stereocenters. The van der Waals surface area contributed by atoms with Gasteiger partial charge in [-0.05, 0) is 25.3 Å². The van der Waals surface area contributed by atoms with Crippen molar-refractivity contribution in [2.24, 2.45) is 5.92 Å². The molecule has 0 spiro atoms. The lowest BCUT2D eigenvalue weighted by atomic mass is 9.90. The van der Waals surface area contributed by atoms with Gasteiger partial charge in [0.05, 0.1) is 0 Å². The molecule has 1 fully saturated rings. The van der Waals surface area contributed by atoms with Gasteiger partial charge < -0.3 is 4.79 Å². The molecule has 0 unspecified atom stereocenters. The molecular formula is C16H17F2N3O. The highest BCUT2D eigenvalue weighted by Gasteiger charge is 2.54. The molecule has 1 heterocycles. The summed E-state index contributed by atoms with van der Waals surface area (Å²) in [5.74, 6) is 0.0316. The van der Waals surface area contributed by atoms with Crippen LogP contribution in [0.2, 0.25) is 0 Å². The Kier molecular flexibility index (Phi) is 3.76. The summed E-state index contributed by atoms with van der Waals surface area (Å²) in [7, 11) is 0. The first kappa shape index (κ1) is 14.8. The molecule has 0 amide bonds. The maximum Gasteiger partial charge on any atom is 0.299 e. The van der Waals surface area contributed by atoms with Gasteiger partial charge in [-0.15, -0.1) is 5.10 Å². The lowest BCUT2D eigenvalue weighted by molar-refractivity contribution is -0.109. The van der Waals surface area contributed by atoms with E-state index in [2.05, 4.69) is 10.1 Å². The third-order valence-electron chi connectivity index (χ3n) is 4.48. The molecule has 1 aliphatic rings. The summed E-state index contributed by atoms with van der Waals surface area (Å²) in [6.07, 6.45) is -0.179. The zero-order valence-corrected chi connectivity index (χ0v) is 12.2. The maximum absolute atomic E-state index is 12.6. The van der Waals surface area contributed by atoms with Crippen molar-refractivity contribution in [1.82, 2.24) is 14.8 Å². The van der Waals surface area contributed by atoms with Gasteiger partial charge in [0, 0.05) is 17.9 Å². The number of aromatic nitrogens is 3. The Hall–Kier alpha value is -2.11. The minimum absolute atomic E-state index is 0.00621. The smallest absolute Gasteiger partial charge is 0.299 e. The van der Waals surface area contributed by atoms with E-state index in [1.54, 1.807) is 6.92 Å². The fourth-order valence-corrected chi connectivity index (χ4v) is 3.10. The lowest BCUT2D eigenvalue weighted by Gasteiger charge is -2.17. The van der Waals surface area contributed by atoms with Gasteiger partial charge in [0.15, 0.2) is 0 Å². The van der Waals surface area contributed by atoms with Crippen molar-refractivity contribution in [2.75, 3.05) is 0 Å². The van der Waals surface area contributed by atoms with Crippen LogP contribution in [0.5, 0.6) is 0 Å². The van der Waals surface area contributed by atoms with Gasteiger partial charge in [0.25, 0.3) is 6.43 Å². The molecule has 116 valence electrons. The Morgan fingerprint density at radius 1 is 1.41 bits per heavy atom. The molecule has 4 nitrogen and oxygen atoms in total. The molecule has 0 bridgehead atoms. The molecule has 0 saturated heterocycles. The van der Waals surface area contributed by atoms with Gasteiger partial charge in [-0.2, -0.15) is 0 Å². The number of hydrogen-bond donors (Lipinski definition) is 0. The first-order valence-corrected chi connectivity index (χ1v) is 7.27. The molecule has 0 aliphatic heterocycles. The fourth-order valence-electron chi connectivity index (χ4n) is 3.10. The van der Waals surface area contributed by atoms with Gasteiger partial charge >= 0.3 is 0 Å². The number of nitrogens with zero attached hydrogens (tertiary/aromatic N) is 3. The van der Waals surface area contributed by atoms with Gasteiger partial charge in [0.2, 0.25) is 5.82 Å². The Balaban J connectivity index is 1.78. The van der Waals surface area contributed by atoms with Crippen LogP contribution in [0, 0.1) is 12.8 Å². The second-order valence-corrected chi connectivity index (χ2v) is 5.76. The number of hydrogen-bond acceptors (Lipinski definition) is 3. The highest BCUT2D eigenvalue weighted by Crippen LogP contribution is 2.55. The summed E-state index contributed by atoms with van der Waals surface area (Å²) in [5, 5.41) is 3.85. The maximum atomic E-state index is 12.6. The Morgan fingerprint density at radius 2 is 2.14 bits per heavy atom. The molecule has 6 heteroatoms. The van der Waals surface area contributed by atoms with Crippen molar-refractivity contribution in [3.63, 3.8) is 0 Å². The summed E-state index contributed by atoms with van der Waals surface area (Å²) in [5.41, 5.74) is 0.936. The number of benzene rings is 1. The Morgan fingerprint density at radius 3 is 2.68 bits per heavy atom. The second kappa shape index (κ2) is 5.59. The zero-order valence-electron chi connectivity index (χ0n) is 12.2. The van der Waals surface area contributed by atoms with Gasteiger partial charge in [-0.25, -0.2) is 18.4 Å². The van der Waals surface area contributed by atoms with Crippen LogP contribution >= 0.6 is 0 Å². The van der Waals surface area contributed by atoms with Crippen LogP contribution in [0.25, 0.3) is 0 Å². The van der Waals surface area contributed by atoms with Gasteiger partial charge in [-0.3, -0.25) is 0 Å². The minimum Gasteiger partial charge on any atom is -0.303 e. The highest BCUT2D eigenvalue weighted by atomic mass is 19.3. The van der Waals surface area contributed by atoms with Crippen LogP contribution in [-0.2, 0) is 16.8 Å². The van der Waals surface area contributed by atoms with Crippen LogP contribution in [0.4, 0.5) is 8.78 Å². The fraction of sp³-hybridized carbons (Fsp3) is 0.438. The van der Waals surface area contributed by atoms with Crippen LogP contribution < -0.4 is 0 Å². The van der Waals surface area contributed by atoms with E-state index in [9.17, 15) is 13.6 Å². The summed E-state index contributed by atoms with van der Waals surface area (Å²) >= 11 is 0. The zero-order chi connectivity index (χ0) is 15.7. The molecule has 1 saturated carbocycles. The number of carbonyl (C=O) groups excluding carboxylic acids is 1. The number of halogens is 2. The SMILES string of the molecule is Cc1nc(C(F)F)nn1CC[C@@]1(c2ccccc2)C[C@H]1C=O. The van der Waals surface area contributed by atoms with Crippen molar-refractivity contribution in [3.8, 4) is 0 Å². The summed E-state index contributed by atoms with van der Waals surface area (Å²) < 4.78 is 26.8. The van der Waals surface area contributed by atoms with Gasteiger partial charge in [-0.1, -0.05) is 30.3 Å². The predicted molar refractivity (Wildman–Crippen MR) is 76.6 cm³/mol. The largest absolute Gasteiger partial charge is 0.303 e.